The van der Waals surface area contributed by atoms with Crippen LogP contribution in [0.25, 0.3) is 0 Å². The average Bonchev–Trinajstić information content (AvgIpc) is 2.71. The fraction of sp³-hybridized carbons (Fsp3) is 0.923. The number of carbonyl (C=O) groups is 1. The Hall–Kier alpha value is -0.610. The molecule has 100 valence electrons. The van der Waals surface area contributed by atoms with Crippen LogP contribution in [0.5, 0.6) is 0 Å². The van der Waals surface area contributed by atoms with Crippen LogP contribution in [0.1, 0.15) is 46.5 Å². The maximum Gasteiger partial charge on any atom is 0.307 e. The molecule has 0 amide bonds. The molecular weight excluding hydrogens is 218 g/mol. The number of rotatable bonds is 7. The second-order valence-electron chi connectivity index (χ2n) is 4.63. The van der Waals surface area contributed by atoms with Crippen LogP contribution in [0.3, 0.4) is 0 Å². The van der Waals surface area contributed by atoms with E-state index in [1.807, 2.05) is 6.92 Å². The van der Waals surface area contributed by atoms with Crippen molar-refractivity contribution < 1.29 is 14.3 Å². The molecule has 1 rings (SSSR count). The molecule has 0 aromatic rings. The van der Waals surface area contributed by atoms with Gasteiger partial charge in [0.2, 0.25) is 0 Å². The third kappa shape index (κ3) is 5.04. The third-order valence-electron chi connectivity index (χ3n) is 3.06. The zero-order chi connectivity index (χ0) is 12.7. The number of hydrogen-bond acceptors (Lipinski definition) is 4. The lowest BCUT2D eigenvalue weighted by atomic mass is 10.0. The zero-order valence-electron chi connectivity index (χ0n) is 11.2. The minimum atomic E-state index is -0.135. The molecule has 1 aliphatic heterocycles. The van der Waals surface area contributed by atoms with Crippen LogP contribution >= 0.6 is 0 Å². The van der Waals surface area contributed by atoms with E-state index in [2.05, 4.69) is 19.2 Å². The van der Waals surface area contributed by atoms with Gasteiger partial charge in [-0.15, -0.1) is 0 Å². The lowest BCUT2D eigenvalue weighted by molar-refractivity contribution is -0.144. The van der Waals surface area contributed by atoms with E-state index < -0.39 is 0 Å². The molecule has 4 heteroatoms. The first-order valence-corrected chi connectivity index (χ1v) is 6.71. The van der Waals surface area contributed by atoms with Gasteiger partial charge in [-0.25, -0.2) is 0 Å². The summed E-state index contributed by atoms with van der Waals surface area (Å²) in [5.41, 5.74) is 0. The normalized spacial score (nSPS) is 25.8. The van der Waals surface area contributed by atoms with E-state index in [0.717, 1.165) is 25.8 Å². The van der Waals surface area contributed by atoms with E-state index in [-0.39, 0.29) is 18.1 Å². The van der Waals surface area contributed by atoms with Crippen molar-refractivity contribution in [2.45, 2.75) is 64.7 Å². The molecule has 0 saturated carbocycles. The molecule has 0 aliphatic carbocycles. The first kappa shape index (κ1) is 14.5. The highest BCUT2D eigenvalue weighted by Gasteiger charge is 2.30. The lowest BCUT2D eigenvalue weighted by Crippen LogP contribution is -2.42. The molecule has 0 aromatic heterocycles. The standard InChI is InChI=1S/C13H25NO3/c1-4-8-14-11(9-13(15)16-5-2)12-7-6-10(3)17-12/h10-12,14H,4-9H2,1-3H3. The van der Waals surface area contributed by atoms with E-state index in [1.165, 1.54) is 0 Å². The molecule has 1 heterocycles. The van der Waals surface area contributed by atoms with E-state index in [9.17, 15) is 4.79 Å². The molecule has 0 aromatic carbocycles. The van der Waals surface area contributed by atoms with Crippen molar-refractivity contribution >= 4 is 5.97 Å². The Labute approximate surface area is 104 Å². The average molecular weight is 243 g/mol. The van der Waals surface area contributed by atoms with Crippen LogP contribution in [0.15, 0.2) is 0 Å². The molecule has 0 spiro atoms. The number of ether oxygens (including phenoxy) is 2. The predicted octanol–water partition coefficient (Wildman–Crippen LogP) is 1.88. The summed E-state index contributed by atoms with van der Waals surface area (Å²) in [4.78, 5) is 11.5. The summed E-state index contributed by atoms with van der Waals surface area (Å²) in [6.07, 6.45) is 4.04. The highest BCUT2D eigenvalue weighted by atomic mass is 16.5. The molecular formula is C13H25NO3. The minimum absolute atomic E-state index is 0.0962. The molecule has 17 heavy (non-hydrogen) atoms. The van der Waals surface area contributed by atoms with Crippen molar-refractivity contribution in [1.29, 1.82) is 0 Å². The molecule has 1 saturated heterocycles. The Morgan fingerprint density at radius 1 is 1.47 bits per heavy atom. The van der Waals surface area contributed by atoms with Gasteiger partial charge in [-0.05, 0) is 39.7 Å². The molecule has 0 radical (unpaired) electrons. The maximum atomic E-state index is 11.5. The number of esters is 1. The van der Waals surface area contributed by atoms with Crippen LogP contribution in [0.2, 0.25) is 0 Å². The van der Waals surface area contributed by atoms with Crippen LogP contribution in [0.4, 0.5) is 0 Å². The summed E-state index contributed by atoms with van der Waals surface area (Å²) in [5.74, 6) is -0.135. The second-order valence-corrected chi connectivity index (χ2v) is 4.63. The largest absolute Gasteiger partial charge is 0.466 e. The van der Waals surface area contributed by atoms with Crippen molar-refractivity contribution in [2.24, 2.45) is 0 Å². The molecule has 1 fully saturated rings. The zero-order valence-corrected chi connectivity index (χ0v) is 11.2. The summed E-state index contributed by atoms with van der Waals surface area (Å²) in [5, 5.41) is 3.40. The quantitative estimate of drug-likeness (QED) is 0.694. The van der Waals surface area contributed by atoms with E-state index in [4.69, 9.17) is 9.47 Å². The Kier molecular flexibility index (Phi) is 6.52. The van der Waals surface area contributed by atoms with E-state index >= 15 is 0 Å². The van der Waals surface area contributed by atoms with Gasteiger partial charge in [0, 0.05) is 6.04 Å². The Balaban J connectivity index is 2.44. The highest BCUT2D eigenvalue weighted by molar-refractivity contribution is 5.70. The molecule has 0 bridgehead atoms. The van der Waals surface area contributed by atoms with Crippen molar-refractivity contribution in [1.82, 2.24) is 5.32 Å². The van der Waals surface area contributed by atoms with Crippen molar-refractivity contribution in [3.05, 3.63) is 0 Å². The Morgan fingerprint density at radius 3 is 2.76 bits per heavy atom. The van der Waals surface area contributed by atoms with Crippen molar-refractivity contribution in [2.75, 3.05) is 13.2 Å². The topological polar surface area (TPSA) is 47.6 Å². The van der Waals surface area contributed by atoms with Crippen LogP contribution in [0, 0.1) is 0 Å². The monoisotopic (exact) mass is 243 g/mol. The maximum absolute atomic E-state index is 11.5. The molecule has 4 nitrogen and oxygen atoms in total. The number of hydrogen-bond donors (Lipinski definition) is 1. The van der Waals surface area contributed by atoms with Crippen LogP contribution in [-0.2, 0) is 14.3 Å². The van der Waals surface area contributed by atoms with Gasteiger partial charge in [0.15, 0.2) is 0 Å². The van der Waals surface area contributed by atoms with Crippen molar-refractivity contribution in [3.63, 3.8) is 0 Å². The summed E-state index contributed by atoms with van der Waals surface area (Å²) < 4.78 is 10.8. The minimum Gasteiger partial charge on any atom is -0.466 e. The Morgan fingerprint density at radius 2 is 2.24 bits per heavy atom. The van der Waals surface area contributed by atoms with Crippen molar-refractivity contribution in [3.8, 4) is 0 Å². The van der Waals surface area contributed by atoms with Gasteiger partial charge >= 0.3 is 5.97 Å². The molecule has 1 aliphatic rings. The van der Waals surface area contributed by atoms with Crippen LogP contribution in [-0.4, -0.2) is 37.4 Å². The first-order chi connectivity index (χ1) is 8.17. The summed E-state index contributed by atoms with van der Waals surface area (Å²) in [6, 6.07) is 0.0962. The summed E-state index contributed by atoms with van der Waals surface area (Å²) >= 11 is 0. The molecule has 1 N–H and O–H groups in total. The third-order valence-corrected chi connectivity index (χ3v) is 3.06. The summed E-state index contributed by atoms with van der Waals surface area (Å²) in [6.45, 7) is 7.40. The Bertz CT molecular complexity index is 233. The number of nitrogens with one attached hydrogen (secondary N) is 1. The van der Waals surface area contributed by atoms with Gasteiger partial charge in [0.25, 0.3) is 0 Å². The van der Waals surface area contributed by atoms with Gasteiger partial charge in [-0.1, -0.05) is 6.92 Å². The lowest BCUT2D eigenvalue weighted by Gasteiger charge is -2.24. The molecule has 3 atom stereocenters. The van der Waals surface area contributed by atoms with Gasteiger partial charge < -0.3 is 14.8 Å². The van der Waals surface area contributed by atoms with Crippen LogP contribution < -0.4 is 5.32 Å². The second kappa shape index (κ2) is 7.67. The van der Waals surface area contributed by atoms with E-state index in [1.54, 1.807) is 0 Å². The molecule has 3 unspecified atom stereocenters. The number of carbonyl (C=O) groups excluding carboxylic acids is 1. The smallest absolute Gasteiger partial charge is 0.307 e. The van der Waals surface area contributed by atoms with Gasteiger partial charge in [-0.3, -0.25) is 4.79 Å². The van der Waals surface area contributed by atoms with Gasteiger partial charge in [0.1, 0.15) is 0 Å². The SMILES string of the molecule is CCCNC(CC(=O)OCC)C1CCC(C)O1. The predicted molar refractivity (Wildman–Crippen MR) is 66.9 cm³/mol. The fourth-order valence-electron chi connectivity index (χ4n) is 2.19. The highest BCUT2D eigenvalue weighted by Crippen LogP contribution is 2.23. The summed E-state index contributed by atoms with van der Waals surface area (Å²) in [7, 11) is 0. The fourth-order valence-corrected chi connectivity index (χ4v) is 2.19. The van der Waals surface area contributed by atoms with E-state index in [0.29, 0.717) is 19.1 Å². The first-order valence-electron chi connectivity index (χ1n) is 6.71. The van der Waals surface area contributed by atoms with Gasteiger partial charge in [-0.2, -0.15) is 0 Å². The van der Waals surface area contributed by atoms with Gasteiger partial charge in [0.05, 0.1) is 25.2 Å².